The number of nitrogens with zero attached hydrogens (tertiary/aromatic N) is 1. The number of carbonyl (C=O) groups excluding carboxylic acids is 2. The van der Waals surface area contributed by atoms with Crippen LogP contribution in [-0.4, -0.2) is 46.5 Å². The highest BCUT2D eigenvalue weighted by Crippen LogP contribution is 2.13. The summed E-state index contributed by atoms with van der Waals surface area (Å²) in [6.45, 7) is 3.39. The molecule has 1 aromatic rings. The molecule has 0 aliphatic carbocycles. The zero-order chi connectivity index (χ0) is 14.6. The normalized spacial score (nSPS) is 10.9. The second kappa shape index (κ2) is 5.51. The van der Waals surface area contributed by atoms with E-state index < -0.39 is 17.3 Å². The number of imidazole rings is 1. The highest BCUT2D eigenvalue weighted by atomic mass is 16.4. The van der Waals surface area contributed by atoms with Crippen LogP contribution in [0.1, 0.15) is 34.8 Å². The van der Waals surface area contributed by atoms with Crippen molar-refractivity contribution in [2.24, 2.45) is 5.41 Å². The van der Waals surface area contributed by atoms with Crippen molar-refractivity contribution in [1.29, 1.82) is 0 Å². The fourth-order valence-corrected chi connectivity index (χ4v) is 1.43. The smallest absolute Gasteiger partial charge is 0.354 e. The van der Waals surface area contributed by atoms with E-state index in [1.54, 1.807) is 13.8 Å². The third kappa shape index (κ3) is 3.30. The molecule has 0 atom stereocenters. The molecule has 4 N–H and O–H groups in total. The molecular formula is C11H16N4O4. The minimum absolute atomic E-state index is 0.0669. The Morgan fingerprint density at radius 2 is 2.05 bits per heavy atom. The number of aromatic nitrogens is 2. The molecule has 0 bridgehead atoms. The van der Waals surface area contributed by atoms with Gasteiger partial charge in [0.2, 0.25) is 5.91 Å². The van der Waals surface area contributed by atoms with Crippen LogP contribution in [0.2, 0.25) is 0 Å². The minimum atomic E-state index is -1.27. The molecule has 0 unspecified atom stereocenters. The lowest BCUT2D eigenvalue weighted by molar-refractivity contribution is -0.128. The summed E-state index contributed by atoms with van der Waals surface area (Å²) in [6, 6.07) is 0. The van der Waals surface area contributed by atoms with E-state index in [0.29, 0.717) is 0 Å². The number of aromatic carboxylic acids is 1. The maximum Gasteiger partial charge on any atom is 0.354 e. The van der Waals surface area contributed by atoms with E-state index in [1.807, 2.05) is 0 Å². The summed E-state index contributed by atoms with van der Waals surface area (Å²) in [5.74, 6) is -2.14. The lowest BCUT2D eigenvalue weighted by atomic mass is 9.92. The molecular weight excluding hydrogens is 252 g/mol. The van der Waals surface area contributed by atoms with Gasteiger partial charge in [-0.15, -0.1) is 0 Å². The molecule has 0 aromatic carbocycles. The molecule has 0 radical (unpaired) electrons. The molecule has 1 aromatic heterocycles. The SMILES string of the molecule is CNC(=O)C(C)(C)CNC(=O)c1nc[nH]c1C(=O)O. The summed E-state index contributed by atoms with van der Waals surface area (Å²) in [5.41, 5.74) is -1.29. The van der Waals surface area contributed by atoms with Crippen molar-refractivity contribution >= 4 is 17.8 Å². The van der Waals surface area contributed by atoms with Gasteiger partial charge in [-0.3, -0.25) is 9.59 Å². The van der Waals surface area contributed by atoms with Crippen LogP contribution in [0.25, 0.3) is 0 Å². The summed E-state index contributed by atoms with van der Waals surface area (Å²) in [5, 5.41) is 13.8. The molecule has 0 fully saturated rings. The van der Waals surface area contributed by atoms with Gasteiger partial charge in [0.15, 0.2) is 11.4 Å². The van der Waals surface area contributed by atoms with Gasteiger partial charge < -0.3 is 20.7 Å². The Kier molecular flexibility index (Phi) is 4.26. The van der Waals surface area contributed by atoms with E-state index >= 15 is 0 Å². The Bertz CT molecular complexity index is 507. The number of aromatic amines is 1. The molecule has 1 heterocycles. The number of carboxylic acids is 1. The van der Waals surface area contributed by atoms with Crippen molar-refractivity contribution in [3.05, 3.63) is 17.7 Å². The van der Waals surface area contributed by atoms with E-state index in [1.165, 1.54) is 7.05 Å². The van der Waals surface area contributed by atoms with Crippen LogP contribution in [0.5, 0.6) is 0 Å². The molecule has 8 nitrogen and oxygen atoms in total. The first-order chi connectivity index (χ1) is 8.79. The number of nitrogens with one attached hydrogen (secondary N) is 3. The van der Waals surface area contributed by atoms with Gasteiger partial charge in [-0.05, 0) is 13.8 Å². The van der Waals surface area contributed by atoms with E-state index in [2.05, 4.69) is 20.6 Å². The molecule has 0 saturated carbocycles. The van der Waals surface area contributed by atoms with Crippen molar-refractivity contribution in [3.8, 4) is 0 Å². The quantitative estimate of drug-likeness (QED) is 0.579. The summed E-state index contributed by atoms with van der Waals surface area (Å²) in [4.78, 5) is 40.2. The van der Waals surface area contributed by atoms with Gasteiger partial charge >= 0.3 is 5.97 Å². The molecule has 2 amide bonds. The van der Waals surface area contributed by atoms with Gasteiger partial charge in [0.05, 0.1) is 11.7 Å². The average molecular weight is 268 g/mol. The van der Waals surface area contributed by atoms with E-state index in [0.717, 1.165) is 6.33 Å². The van der Waals surface area contributed by atoms with Crippen molar-refractivity contribution < 1.29 is 19.5 Å². The monoisotopic (exact) mass is 268 g/mol. The summed E-state index contributed by atoms with van der Waals surface area (Å²) >= 11 is 0. The number of carboxylic acid groups (broad SMARTS) is 1. The lowest BCUT2D eigenvalue weighted by Crippen LogP contribution is -2.44. The van der Waals surface area contributed by atoms with Gasteiger partial charge in [-0.25, -0.2) is 9.78 Å². The molecule has 8 heteroatoms. The predicted molar refractivity (Wildman–Crippen MR) is 65.7 cm³/mol. The third-order valence-corrected chi connectivity index (χ3v) is 2.60. The summed E-state index contributed by atoms with van der Waals surface area (Å²) in [7, 11) is 1.50. The van der Waals surface area contributed by atoms with Gasteiger partial charge in [0.1, 0.15) is 0 Å². The van der Waals surface area contributed by atoms with E-state index in [-0.39, 0.29) is 23.8 Å². The Labute approximate surface area is 109 Å². The number of H-pyrrole nitrogens is 1. The van der Waals surface area contributed by atoms with E-state index in [9.17, 15) is 14.4 Å². The maximum atomic E-state index is 11.8. The Hall–Kier alpha value is -2.38. The molecule has 1 rings (SSSR count). The molecule has 19 heavy (non-hydrogen) atoms. The predicted octanol–water partition coefficient (Wildman–Crippen LogP) is -0.390. The number of carbonyl (C=O) groups is 3. The van der Waals surface area contributed by atoms with Crippen molar-refractivity contribution in [3.63, 3.8) is 0 Å². The van der Waals surface area contributed by atoms with Gasteiger partial charge in [-0.2, -0.15) is 0 Å². The van der Waals surface area contributed by atoms with Crippen LogP contribution < -0.4 is 10.6 Å². The van der Waals surface area contributed by atoms with Crippen LogP contribution in [0.15, 0.2) is 6.33 Å². The zero-order valence-electron chi connectivity index (χ0n) is 10.9. The highest BCUT2D eigenvalue weighted by molar-refractivity contribution is 6.02. The topological polar surface area (TPSA) is 124 Å². The molecule has 0 aliphatic rings. The third-order valence-electron chi connectivity index (χ3n) is 2.60. The molecule has 0 aliphatic heterocycles. The second-order valence-electron chi connectivity index (χ2n) is 4.58. The van der Waals surface area contributed by atoms with Gasteiger partial charge in [0, 0.05) is 13.6 Å². The first-order valence-corrected chi connectivity index (χ1v) is 5.56. The van der Waals surface area contributed by atoms with Crippen LogP contribution in [-0.2, 0) is 4.79 Å². The maximum absolute atomic E-state index is 11.8. The number of rotatable bonds is 5. The van der Waals surface area contributed by atoms with Crippen molar-refractivity contribution in [1.82, 2.24) is 20.6 Å². The minimum Gasteiger partial charge on any atom is -0.477 e. The van der Waals surface area contributed by atoms with Crippen LogP contribution >= 0.6 is 0 Å². The first-order valence-electron chi connectivity index (χ1n) is 5.56. The Morgan fingerprint density at radius 3 is 2.58 bits per heavy atom. The molecule has 0 spiro atoms. The largest absolute Gasteiger partial charge is 0.477 e. The van der Waals surface area contributed by atoms with E-state index in [4.69, 9.17) is 5.11 Å². The molecule has 0 saturated heterocycles. The fourth-order valence-electron chi connectivity index (χ4n) is 1.43. The van der Waals surface area contributed by atoms with Crippen molar-refractivity contribution in [2.45, 2.75) is 13.8 Å². The zero-order valence-corrected chi connectivity index (χ0v) is 10.9. The number of hydrogen-bond acceptors (Lipinski definition) is 4. The Balaban J connectivity index is 2.73. The van der Waals surface area contributed by atoms with Crippen LogP contribution in [0.4, 0.5) is 0 Å². The average Bonchev–Trinajstić information content (AvgIpc) is 2.84. The second-order valence-corrected chi connectivity index (χ2v) is 4.58. The lowest BCUT2D eigenvalue weighted by Gasteiger charge is -2.22. The fraction of sp³-hybridized carbons (Fsp3) is 0.455. The Morgan fingerprint density at radius 1 is 1.42 bits per heavy atom. The van der Waals surface area contributed by atoms with Crippen molar-refractivity contribution in [2.75, 3.05) is 13.6 Å². The van der Waals surface area contributed by atoms with Crippen LogP contribution in [0.3, 0.4) is 0 Å². The molecule has 104 valence electrons. The number of hydrogen-bond donors (Lipinski definition) is 4. The van der Waals surface area contributed by atoms with Crippen LogP contribution in [0, 0.1) is 5.41 Å². The number of amides is 2. The summed E-state index contributed by atoms with van der Waals surface area (Å²) < 4.78 is 0. The first kappa shape index (κ1) is 14.7. The van der Waals surface area contributed by atoms with Gasteiger partial charge in [0.25, 0.3) is 5.91 Å². The summed E-state index contributed by atoms with van der Waals surface area (Å²) in [6.07, 6.45) is 1.13. The van der Waals surface area contributed by atoms with Gasteiger partial charge in [-0.1, -0.05) is 0 Å². The highest BCUT2D eigenvalue weighted by Gasteiger charge is 2.28. The standard InChI is InChI=1S/C11H16N4O4/c1-11(2,10(19)12-3)4-13-8(16)6-7(9(17)18)15-5-14-6/h5H,4H2,1-3H3,(H,12,19)(H,13,16)(H,14,15)(H,17,18).